The summed E-state index contributed by atoms with van der Waals surface area (Å²) in [6.45, 7) is 2.06. The van der Waals surface area contributed by atoms with Gasteiger partial charge in [-0.3, -0.25) is 10.1 Å². The molecule has 1 aromatic rings. The highest BCUT2D eigenvalue weighted by molar-refractivity contribution is 5.48. The van der Waals surface area contributed by atoms with Crippen molar-refractivity contribution in [1.82, 2.24) is 0 Å². The normalized spacial score (nSPS) is 9.86. The number of methoxy groups -OCH3 is 1. The van der Waals surface area contributed by atoms with Gasteiger partial charge in [0.25, 0.3) is 0 Å². The maximum absolute atomic E-state index is 10.6. The molecule has 4 nitrogen and oxygen atoms in total. The van der Waals surface area contributed by atoms with Gasteiger partial charge in [-0.1, -0.05) is 19.4 Å². The fraction of sp³-hybridized carbons (Fsp3) is 0.400. The summed E-state index contributed by atoms with van der Waals surface area (Å²) >= 11 is 0. The zero-order valence-electron chi connectivity index (χ0n) is 8.32. The molecule has 0 aliphatic heterocycles. The first kappa shape index (κ1) is 10.5. The van der Waals surface area contributed by atoms with Crippen LogP contribution in [0.15, 0.2) is 18.2 Å². The van der Waals surface area contributed by atoms with Crippen LogP contribution in [-0.4, -0.2) is 12.0 Å². The van der Waals surface area contributed by atoms with Crippen molar-refractivity contribution in [1.29, 1.82) is 0 Å². The molecule has 0 aliphatic rings. The lowest BCUT2D eigenvalue weighted by Crippen LogP contribution is -1.95. The second-order valence-electron chi connectivity index (χ2n) is 3.01. The largest absolute Gasteiger partial charge is 0.490 e. The smallest absolute Gasteiger partial charge is 0.310 e. The summed E-state index contributed by atoms with van der Waals surface area (Å²) in [5.41, 5.74) is 1.09. The molecule has 1 aromatic carbocycles. The van der Waals surface area contributed by atoms with E-state index in [0.717, 1.165) is 18.4 Å². The first-order valence-corrected chi connectivity index (χ1v) is 4.50. The molecule has 0 aliphatic carbocycles. The number of nitro benzene ring substituents is 1. The summed E-state index contributed by atoms with van der Waals surface area (Å²) in [6, 6.07) is 4.98. The van der Waals surface area contributed by atoms with Gasteiger partial charge in [-0.05, 0) is 18.1 Å². The van der Waals surface area contributed by atoms with E-state index in [-0.39, 0.29) is 5.69 Å². The number of hydrogen-bond acceptors (Lipinski definition) is 3. The summed E-state index contributed by atoms with van der Waals surface area (Å²) < 4.78 is 4.95. The summed E-state index contributed by atoms with van der Waals surface area (Å²) in [5.74, 6) is 0.334. The standard InChI is InChI=1S/C10H13NO3/c1-3-4-8-5-6-9(11(12)13)10(7-8)14-2/h5-7H,3-4H2,1-2H3. The monoisotopic (exact) mass is 195 g/mol. The lowest BCUT2D eigenvalue weighted by atomic mass is 10.1. The van der Waals surface area contributed by atoms with Crippen LogP contribution in [0, 0.1) is 10.1 Å². The van der Waals surface area contributed by atoms with Gasteiger partial charge in [0.2, 0.25) is 0 Å². The molecule has 0 bridgehead atoms. The van der Waals surface area contributed by atoms with E-state index in [4.69, 9.17) is 4.74 Å². The Bertz CT molecular complexity index is 336. The first-order valence-electron chi connectivity index (χ1n) is 4.50. The number of hydrogen-bond donors (Lipinski definition) is 0. The molecule has 0 fully saturated rings. The second-order valence-corrected chi connectivity index (χ2v) is 3.01. The van der Waals surface area contributed by atoms with E-state index in [1.165, 1.54) is 13.2 Å². The van der Waals surface area contributed by atoms with Crippen molar-refractivity contribution in [3.8, 4) is 5.75 Å². The van der Waals surface area contributed by atoms with Crippen LogP contribution in [0.1, 0.15) is 18.9 Å². The van der Waals surface area contributed by atoms with Gasteiger partial charge in [0, 0.05) is 6.07 Å². The van der Waals surface area contributed by atoms with Crippen LogP contribution in [0.3, 0.4) is 0 Å². The van der Waals surface area contributed by atoms with Crippen LogP contribution in [-0.2, 0) is 6.42 Å². The Labute approximate surface area is 82.7 Å². The average Bonchev–Trinajstić information content (AvgIpc) is 2.17. The van der Waals surface area contributed by atoms with Gasteiger partial charge < -0.3 is 4.74 Å². The molecule has 0 atom stereocenters. The molecule has 1 rings (SSSR count). The Morgan fingerprint density at radius 2 is 2.21 bits per heavy atom. The van der Waals surface area contributed by atoms with Gasteiger partial charge in [0.05, 0.1) is 12.0 Å². The maximum Gasteiger partial charge on any atom is 0.310 e. The fourth-order valence-corrected chi connectivity index (χ4v) is 1.32. The maximum atomic E-state index is 10.6. The van der Waals surface area contributed by atoms with E-state index in [1.54, 1.807) is 12.1 Å². The Morgan fingerprint density at radius 1 is 1.50 bits per heavy atom. The minimum Gasteiger partial charge on any atom is -0.490 e. The van der Waals surface area contributed by atoms with Gasteiger partial charge in [-0.25, -0.2) is 0 Å². The summed E-state index contributed by atoms with van der Waals surface area (Å²) in [5, 5.41) is 10.6. The van der Waals surface area contributed by atoms with Crippen LogP contribution < -0.4 is 4.74 Å². The molecule has 14 heavy (non-hydrogen) atoms. The zero-order chi connectivity index (χ0) is 10.6. The molecule has 0 amide bonds. The Balaban J connectivity index is 3.05. The van der Waals surface area contributed by atoms with Gasteiger partial charge >= 0.3 is 5.69 Å². The van der Waals surface area contributed by atoms with E-state index in [2.05, 4.69) is 6.92 Å². The molecular weight excluding hydrogens is 182 g/mol. The molecule has 0 saturated carbocycles. The number of benzene rings is 1. The van der Waals surface area contributed by atoms with E-state index >= 15 is 0 Å². The summed E-state index contributed by atoms with van der Waals surface area (Å²) in [7, 11) is 1.44. The van der Waals surface area contributed by atoms with Crippen molar-refractivity contribution < 1.29 is 9.66 Å². The highest BCUT2D eigenvalue weighted by Crippen LogP contribution is 2.27. The highest BCUT2D eigenvalue weighted by atomic mass is 16.6. The third-order valence-corrected chi connectivity index (χ3v) is 1.98. The van der Waals surface area contributed by atoms with Crippen molar-refractivity contribution in [3.05, 3.63) is 33.9 Å². The predicted octanol–water partition coefficient (Wildman–Crippen LogP) is 2.56. The number of rotatable bonds is 4. The quantitative estimate of drug-likeness (QED) is 0.548. The number of nitro groups is 1. The average molecular weight is 195 g/mol. The molecule has 0 aromatic heterocycles. The molecule has 0 unspecified atom stereocenters. The van der Waals surface area contributed by atoms with Crippen LogP contribution >= 0.6 is 0 Å². The van der Waals surface area contributed by atoms with Crippen molar-refractivity contribution in [2.24, 2.45) is 0 Å². The van der Waals surface area contributed by atoms with E-state index in [1.807, 2.05) is 0 Å². The zero-order valence-corrected chi connectivity index (χ0v) is 8.32. The number of ether oxygens (including phenoxy) is 1. The molecule has 0 radical (unpaired) electrons. The fourth-order valence-electron chi connectivity index (χ4n) is 1.32. The van der Waals surface area contributed by atoms with Crippen molar-refractivity contribution in [2.45, 2.75) is 19.8 Å². The van der Waals surface area contributed by atoms with Crippen LogP contribution in [0.5, 0.6) is 5.75 Å². The Morgan fingerprint density at radius 3 is 2.71 bits per heavy atom. The lowest BCUT2D eigenvalue weighted by molar-refractivity contribution is -0.385. The van der Waals surface area contributed by atoms with Crippen molar-refractivity contribution >= 4 is 5.69 Å². The minimum atomic E-state index is -0.436. The van der Waals surface area contributed by atoms with E-state index in [9.17, 15) is 10.1 Å². The minimum absolute atomic E-state index is 0.0207. The molecular formula is C10H13NO3. The number of nitrogens with zero attached hydrogens (tertiary/aromatic N) is 1. The SMILES string of the molecule is CCCc1ccc([N+](=O)[O-])c(OC)c1. The number of aryl methyl sites for hydroxylation is 1. The van der Waals surface area contributed by atoms with Gasteiger partial charge in [0.1, 0.15) is 0 Å². The molecule has 76 valence electrons. The Kier molecular flexibility index (Phi) is 3.45. The third-order valence-electron chi connectivity index (χ3n) is 1.98. The molecule has 4 heteroatoms. The van der Waals surface area contributed by atoms with Gasteiger partial charge in [0.15, 0.2) is 5.75 Å². The topological polar surface area (TPSA) is 52.4 Å². The van der Waals surface area contributed by atoms with E-state index in [0.29, 0.717) is 5.75 Å². The predicted molar refractivity (Wildman–Crippen MR) is 53.6 cm³/mol. The third kappa shape index (κ3) is 2.22. The van der Waals surface area contributed by atoms with Gasteiger partial charge in [-0.15, -0.1) is 0 Å². The first-order chi connectivity index (χ1) is 6.69. The second kappa shape index (κ2) is 4.60. The lowest BCUT2D eigenvalue weighted by Gasteiger charge is -2.03. The van der Waals surface area contributed by atoms with Crippen LogP contribution in [0.4, 0.5) is 5.69 Å². The summed E-state index contributed by atoms with van der Waals surface area (Å²) in [6.07, 6.45) is 1.93. The molecule has 0 saturated heterocycles. The van der Waals surface area contributed by atoms with Crippen molar-refractivity contribution in [2.75, 3.05) is 7.11 Å². The molecule has 0 heterocycles. The molecule has 0 N–H and O–H groups in total. The Hall–Kier alpha value is -1.58. The molecule has 0 spiro atoms. The van der Waals surface area contributed by atoms with Gasteiger partial charge in [-0.2, -0.15) is 0 Å². The van der Waals surface area contributed by atoms with Crippen LogP contribution in [0.25, 0.3) is 0 Å². The van der Waals surface area contributed by atoms with E-state index < -0.39 is 4.92 Å². The summed E-state index contributed by atoms with van der Waals surface area (Å²) in [4.78, 5) is 10.1. The van der Waals surface area contributed by atoms with Crippen molar-refractivity contribution in [3.63, 3.8) is 0 Å². The highest BCUT2D eigenvalue weighted by Gasteiger charge is 2.13. The van der Waals surface area contributed by atoms with Crippen LogP contribution in [0.2, 0.25) is 0 Å².